The minimum Gasteiger partial charge on any atom is -0.444 e. The number of rotatable bonds is 3. The molecular weight excluding hydrogens is 278 g/mol. The van der Waals surface area contributed by atoms with Crippen LogP contribution in [0, 0.1) is 11.8 Å². The Kier molecular flexibility index (Phi) is 5.62. The number of alkyl carbamates (subject to hydrolysis) is 1. The topological polar surface area (TPSA) is 58.6 Å². The molecule has 1 aromatic carbocycles. The van der Waals surface area contributed by atoms with Gasteiger partial charge >= 0.3 is 6.09 Å². The highest BCUT2D eigenvalue weighted by Crippen LogP contribution is 2.26. The molecule has 0 radical (unpaired) electrons. The quantitative estimate of drug-likeness (QED) is 0.841. The van der Waals surface area contributed by atoms with Crippen molar-refractivity contribution in [1.82, 2.24) is 5.32 Å². The van der Waals surface area contributed by atoms with Crippen LogP contribution in [-0.4, -0.2) is 22.4 Å². The van der Waals surface area contributed by atoms with E-state index in [2.05, 4.69) is 17.2 Å². The molecule has 0 heterocycles. The fourth-order valence-corrected chi connectivity index (χ4v) is 2.00. The Morgan fingerprint density at radius 3 is 2.14 bits per heavy atom. The molecule has 22 heavy (non-hydrogen) atoms. The van der Waals surface area contributed by atoms with Gasteiger partial charge in [-0.25, -0.2) is 4.79 Å². The minimum atomic E-state index is -1.13. The van der Waals surface area contributed by atoms with Gasteiger partial charge in [0.25, 0.3) is 0 Å². The minimum absolute atomic E-state index is 0.558. The van der Waals surface area contributed by atoms with Gasteiger partial charge in [-0.2, -0.15) is 0 Å². The van der Waals surface area contributed by atoms with Crippen LogP contribution in [0.4, 0.5) is 4.79 Å². The van der Waals surface area contributed by atoms with Gasteiger partial charge in [-0.1, -0.05) is 18.1 Å². The molecule has 4 heteroatoms. The number of hydrogen-bond donors (Lipinski definition) is 2. The Balaban J connectivity index is 2.98. The third-order valence-electron chi connectivity index (χ3n) is 2.88. The van der Waals surface area contributed by atoms with Gasteiger partial charge in [0.15, 0.2) is 0 Å². The smallest absolute Gasteiger partial charge is 0.408 e. The Morgan fingerprint density at radius 2 is 1.73 bits per heavy atom. The first kappa shape index (κ1) is 18.1. The van der Waals surface area contributed by atoms with Crippen molar-refractivity contribution in [2.45, 2.75) is 58.8 Å². The lowest BCUT2D eigenvalue weighted by Gasteiger charge is -2.31. The van der Waals surface area contributed by atoms with Crippen molar-refractivity contribution >= 4 is 6.09 Å². The summed E-state index contributed by atoms with van der Waals surface area (Å²) in [5.41, 5.74) is -0.0399. The van der Waals surface area contributed by atoms with Crippen molar-refractivity contribution in [3.8, 4) is 11.8 Å². The molecule has 0 spiro atoms. The van der Waals surface area contributed by atoms with E-state index in [9.17, 15) is 9.90 Å². The first-order valence-corrected chi connectivity index (χ1v) is 7.27. The van der Waals surface area contributed by atoms with Gasteiger partial charge in [0.1, 0.15) is 5.60 Å². The lowest BCUT2D eigenvalue weighted by Crippen LogP contribution is -2.44. The molecule has 0 aliphatic carbocycles. The Morgan fingerprint density at radius 1 is 1.18 bits per heavy atom. The third kappa shape index (κ3) is 5.79. The van der Waals surface area contributed by atoms with E-state index in [0.29, 0.717) is 0 Å². The van der Waals surface area contributed by atoms with Gasteiger partial charge in [-0.15, -0.1) is 5.92 Å². The SMILES string of the molecule is CC#Cc1ccc(C(NC(=O)OC(C)(C)C)C(C)(C)O)cc1. The number of amides is 1. The van der Waals surface area contributed by atoms with Crippen LogP contribution in [0.1, 0.15) is 58.7 Å². The lowest BCUT2D eigenvalue weighted by molar-refractivity contribution is 0.0163. The molecule has 1 rings (SSSR count). The summed E-state index contributed by atoms with van der Waals surface area (Å²) < 4.78 is 5.26. The molecule has 1 aromatic rings. The van der Waals surface area contributed by atoms with Gasteiger partial charge in [0.05, 0.1) is 11.6 Å². The average molecular weight is 303 g/mol. The molecule has 0 saturated carbocycles. The van der Waals surface area contributed by atoms with Crippen LogP contribution in [0.2, 0.25) is 0 Å². The molecule has 4 nitrogen and oxygen atoms in total. The van der Waals surface area contributed by atoms with Gasteiger partial charge in [0, 0.05) is 5.56 Å². The second kappa shape index (κ2) is 6.85. The number of ether oxygens (including phenoxy) is 1. The first-order valence-electron chi connectivity index (χ1n) is 7.27. The monoisotopic (exact) mass is 303 g/mol. The van der Waals surface area contributed by atoms with Gasteiger partial charge in [-0.05, 0) is 59.2 Å². The molecular formula is C18H25NO3. The number of carbonyl (C=O) groups excluding carboxylic acids is 1. The lowest BCUT2D eigenvalue weighted by atomic mass is 9.91. The normalized spacial score (nSPS) is 12.9. The second-order valence-electron chi connectivity index (χ2n) is 6.73. The molecule has 1 unspecified atom stereocenters. The van der Waals surface area contributed by atoms with E-state index in [1.807, 2.05) is 24.3 Å². The summed E-state index contributed by atoms with van der Waals surface area (Å²) in [7, 11) is 0. The van der Waals surface area contributed by atoms with Gasteiger partial charge in [-0.3, -0.25) is 0 Å². The van der Waals surface area contributed by atoms with Crippen molar-refractivity contribution < 1.29 is 14.6 Å². The zero-order valence-corrected chi connectivity index (χ0v) is 14.2. The zero-order valence-electron chi connectivity index (χ0n) is 14.2. The van der Waals surface area contributed by atoms with E-state index >= 15 is 0 Å². The summed E-state index contributed by atoms with van der Waals surface area (Å²) >= 11 is 0. The molecule has 1 atom stereocenters. The summed E-state index contributed by atoms with van der Waals surface area (Å²) in [6.07, 6.45) is -0.558. The van der Waals surface area contributed by atoms with E-state index in [1.165, 1.54) is 0 Å². The summed E-state index contributed by atoms with van der Waals surface area (Å²) in [4.78, 5) is 12.0. The largest absolute Gasteiger partial charge is 0.444 e. The van der Waals surface area contributed by atoms with E-state index in [1.54, 1.807) is 41.5 Å². The summed E-state index contributed by atoms with van der Waals surface area (Å²) in [5, 5.41) is 13.1. The molecule has 0 bridgehead atoms. The van der Waals surface area contributed by atoms with E-state index in [-0.39, 0.29) is 0 Å². The van der Waals surface area contributed by atoms with Crippen LogP contribution in [0.15, 0.2) is 24.3 Å². The fourth-order valence-electron chi connectivity index (χ4n) is 2.00. The van der Waals surface area contributed by atoms with Crippen LogP contribution in [0.3, 0.4) is 0 Å². The summed E-state index contributed by atoms with van der Waals surface area (Å²) in [6.45, 7) is 10.5. The van der Waals surface area contributed by atoms with E-state index in [0.717, 1.165) is 11.1 Å². The Bertz CT molecular complexity index is 566. The third-order valence-corrected chi connectivity index (χ3v) is 2.88. The molecule has 0 fully saturated rings. The number of benzene rings is 1. The van der Waals surface area contributed by atoms with E-state index < -0.39 is 23.3 Å². The van der Waals surface area contributed by atoms with Crippen molar-refractivity contribution in [3.05, 3.63) is 35.4 Å². The van der Waals surface area contributed by atoms with Crippen LogP contribution in [0.25, 0.3) is 0 Å². The van der Waals surface area contributed by atoms with Crippen LogP contribution < -0.4 is 5.32 Å². The maximum Gasteiger partial charge on any atom is 0.408 e. The van der Waals surface area contributed by atoms with Gasteiger partial charge in [0.2, 0.25) is 0 Å². The predicted molar refractivity (Wildman–Crippen MR) is 87.4 cm³/mol. The molecule has 0 aliphatic rings. The second-order valence-corrected chi connectivity index (χ2v) is 6.73. The zero-order chi connectivity index (χ0) is 17.0. The maximum absolute atomic E-state index is 12.0. The highest BCUT2D eigenvalue weighted by atomic mass is 16.6. The van der Waals surface area contributed by atoms with Crippen LogP contribution in [-0.2, 0) is 4.74 Å². The van der Waals surface area contributed by atoms with Gasteiger partial charge < -0.3 is 15.2 Å². The Hall–Kier alpha value is -1.99. The highest BCUT2D eigenvalue weighted by molar-refractivity contribution is 5.68. The van der Waals surface area contributed by atoms with Crippen LogP contribution in [0.5, 0.6) is 0 Å². The number of hydrogen-bond acceptors (Lipinski definition) is 3. The standard InChI is InChI=1S/C18H25NO3/c1-7-8-13-9-11-14(12-10-13)15(18(5,6)21)19-16(20)22-17(2,3)4/h9-12,15,21H,1-6H3,(H,19,20). The maximum atomic E-state index is 12.0. The van der Waals surface area contributed by atoms with Crippen molar-refractivity contribution in [2.75, 3.05) is 0 Å². The molecule has 0 aromatic heterocycles. The van der Waals surface area contributed by atoms with E-state index in [4.69, 9.17) is 4.74 Å². The summed E-state index contributed by atoms with van der Waals surface area (Å²) in [6, 6.07) is 6.84. The summed E-state index contributed by atoms with van der Waals surface area (Å²) in [5.74, 6) is 5.79. The first-order chi connectivity index (χ1) is 10.0. The Labute approximate surface area is 132 Å². The van der Waals surface area contributed by atoms with Crippen LogP contribution >= 0.6 is 0 Å². The molecule has 1 amide bonds. The number of nitrogens with one attached hydrogen (secondary N) is 1. The average Bonchev–Trinajstić information content (AvgIpc) is 2.34. The molecule has 0 aliphatic heterocycles. The van der Waals surface area contributed by atoms with Crippen molar-refractivity contribution in [1.29, 1.82) is 0 Å². The fraction of sp³-hybridized carbons (Fsp3) is 0.500. The molecule has 0 saturated heterocycles. The predicted octanol–water partition coefficient (Wildman–Crippen LogP) is 3.39. The van der Waals surface area contributed by atoms with Crippen molar-refractivity contribution in [2.24, 2.45) is 0 Å². The number of carbonyl (C=O) groups is 1. The highest BCUT2D eigenvalue weighted by Gasteiger charge is 2.31. The molecule has 2 N–H and O–H groups in total. The number of aliphatic hydroxyl groups is 1. The molecule has 120 valence electrons. The van der Waals surface area contributed by atoms with Crippen molar-refractivity contribution in [3.63, 3.8) is 0 Å².